The number of hydrogen-bond donors (Lipinski definition) is 1. The van der Waals surface area contributed by atoms with Crippen molar-refractivity contribution in [3.8, 4) is 0 Å². The van der Waals surface area contributed by atoms with Gasteiger partial charge in [0, 0.05) is 44.5 Å². The first-order chi connectivity index (χ1) is 10.9. The molecule has 1 saturated carbocycles. The average Bonchev–Trinajstić information content (AvgIpc) is 2.82. The quantitative estimate of drug-likeness (QED) is 0.907. The summed E-state index contributed by atoms with van der Waals surface area (Å²) in [4.78, 5) is 25.5. The Labute approximate surface area is 139 Å². The van der Waals surface area contributed by atoms with E-state index in [1.54, 1.807) is 19.0 Å². The second-order valence-corrected chi connectivity index (χ2v) is 6.74. The van der Waals surface area contributed by atoms with Crippen LogP contribution < -0.4 is 5.32 Å². The number of nitrogens with zero attached hydrogens (tertiary/aromatic N) is 2. The second-order valence-electron chi connectivity index (χ2n) is 6.74. The zero-order valence-corrected chi connectivity index (χ0v) is 14.8. The number of nitrogens with one attached hydrogen (secondary N) is 1. The molecule has 5 nitrogen and oxygen atoms in total. The largest absolute Gasteiger partial charge is 0.351 e. The maximum Gasteiger partial charge on any atom is 0.253 e. The molecule has 0 unspecified atom stereocenters. The molecule has 2 rings (SSSR count). The fraction of sp³-hybridized carbons (Fsp3) is 0.667. The molecule has 1 fully saturated rings. The lowest BCUT2D eigenvalue weighted by molar-refractivity contribution is -0.128. The Morgan fingerprint density at radius 2 is 1.87 bits per heavy atom. The standard InChI is InChI=1S/C18H29N3O2/c1-13-12-16(18(23)19-11-10-17(22)20(3)4)14(2)21(13)15-8-6-5-7-9-15/h12,15H,5-11H2,1-4H3,(H,19,23). The molecule has 5 heteroatoms. The van der Waals surface area contributed by atoms with Gasteiger partial charge in [0.05, 0.1) is 5.56 Å². The number of aromatic nitrogens is 1. The molecule has 0 spiro atoms. The lowest BCUT2D eigenvalue weighted by Gasteiger charge is -2.26. The van der Waals surface area contributed by atoms with E-state index < -0.39 is 0 Å². The van der Waals surface area contributed by atoms with Gasteiger partial charge in [0.2, 0.25) is 5.91 Å². The van der Waals surface area contributed by atoms with Gasteiger partial charge in [-0.05, 0) is 32.8 Å². The van der Waals surface area contributed by atoms with Crippen LogP contribution in [0.15, 0.2) is 6.07 Å². The van der Waals surface area contributed by atoms with Crippen molar-refractivity contribution in [2.45, 2.75) is 58.4 Å². The van der Waals surface area contributed by atoms with Crippen LogP contribution in [0.1, 0.15) is 66.3 Å². The van der Waals surface area contributed by atoms with E-state index in [-0.39, 0.29) is 11.8 Å². The Balaban J connectivity index is 2.02. The number of carbonyl (C=O) groups is 2. The van der Waals surface area contributed by atoms with Crippen molar-refractivity contribution < 1.29 is 9.59 Å². The third kappa shape index (κ3) is 4.15. The van der Waals surface area contributed by atoms with Gasteiger partial charge in [0.15, 0.2) is 0 Å². The lowest BCUT2D eigenvalue weighted by atomic mass is 9.95. The number of aryl methyl sites for hydroxylation is 1. The van der Waals surface area contributed by atoms with Gasteiger partial charge in [-0.1, -0.05) is 19.3 Å². The van der Waals surface area contributed by atoms with Gasteiger partial charge in [0.1, 0.15) is 0 Å². The van der Waals surface area contributed by atoms with Gasteiger partial charge >= 0.3 is 0 Å². The Morgan fingerprint density at radius 1 is 1.22 bits per heavy atom. The minimum absolute atomic E-state index is 0.0259. The molecular weight excluding hydrogens is 290 g/mol. The molecule has 1 aliphatic carbocycles. The molecule has 23 heavy (non-hydrogen) atoms. The summed E-state index contributed by atoms with van der Waals surface area (Å²) in [5.74, 6) is -0.0512. The van der Waals surface area contributed by atoms with Crippen molar-refractivity contribution in [3.05, 3.63) is 23.0 Å². The molecule has 1 N–H and O–H groups in total. The minimum Gasteiger partial charge on any atom is -0.351 e. The first-order valence-electron chi connectivity index (χ1n) is 8.58. The van der Waals surface area contributed by atoms with Crippen LogP contribution in [-0.2, 0) is 4.79 Å². The van der Waals surface area contributed by atoms with E-state index in [2.05, 4.69) is 16.8 Å². The van der Waals surface area contributed by atoms with E-state index in [0.717, 1.165) is 17.0 Å². The SMILES string of the molecule is Cc1cc(C(=O)NCCC(=O)N(C)C)c(C)n1C1CCCCC1. The van der Waals surface area contributed by atoms with Crippen LogP contribution in [0.3, 0.4) is 0 Å². The topological polar surface area (TPSA) is 54.3 Å². The smallest absolute Gasteiger partial charge is 0.253 e. The van der Waals surface area contributed by atoms with Gasteiger partial charge < -0.3 is 14.8 Å². The van der Waals surface area contributed by atoms with Crippen molar-refractivity contribution in [3.63, 3.8) is 0 Å². The molecule has 128 valence electrons. The number of hydrogen-bond acceptors (Lipinski definition) is 2. The lowest BCUT2D eigenvalue weighted by Crippen LogP contribution is -2.30. The first-order valence-corrected chi connectivity index (χ1v) is 8.58. The third-order valence-electron chi connectivity index (χ3n) is 4.79. The predicted octanol–water partition coefficient (Wildman–Crippen LogP) is 2.82. The third-order valence-corrected chi connectivity index (χ3v) is 4.79. The Kier molecular flexibility index (Phi) is 5.85. The monoisotopic (exact) mass is 319 g/mol. The highest BCUT2D eigenvalue weighted by atomic mass is 16.2. The summed E-state index contributed by atoms with van der Waals surface area (Å²) in [5, 5.41) is 2.87. The highest BCUT2D eigenvalue weighted by Gasteiger charge is 2.22. The number of amides is 2. The fourth-order valence-corrected chi connectivity index (χ4v) is 3.51. The molecular formula is C18H29N3O2. The Morgan fingerprint density at radius 3 is 2.48 bits per heavy atom. The van der Waals surface area contributed by atoms with Gasteiger partial charge in [-0.3, -0.25) is 9.59 Å². The summed E-state index contributed by atoms with van der Waals surface area (Å²) in [6.45, 7) is 4.48. The van der Waals surface area contributed by atoms with Crippen LogP contribution >= 0.6 is 0 Å². The highest BCUT2D eigenvalue weighted by Crippen LogP contribution is 2.32. The van der Waals surface area contributed by atoms with E-state index in [1.807, 2.05) is 13.0 Å². The summed E-state index contributed by atoms with van der Waals surface area (Å²) in [6.07, 6.45) is 6.61. The zero-order valence-electron chi connectivity index (χ0n) is 14.8. The van der Waals surface area contributed by atoms with Crippen molar-refractivity contribution >= 4 is 11.8 Å². The molecule has 1 aliphatic rings. The number of carbonyl (C=O) groups excluding carboxylic acids is 2. The average molecular weight is 319 g/mol. The van der Waals surface area contributed by atoms with Crippen molar-refractivity contribution in [2.24, 2.45) is 0 Å². The maximum atomic E-state index is 12.4. The zero-order chi connectivity index (χ0) is 17.0. The molecule has 1 aromatic heterocycles. The second kappa shape index (κ2) is 7.66. The van der Waals surface area contributed by atoms with Crippen LogP contribution in [0, 0.1) is 13.8 Å². The van der Waals surface area contributed by atoms with E-state index >= 15 is 0 Å². The Bertz CT molecular complexity index is 569. The molecule has 0 aliphatic heterocycles. The van der Waals surface area contributed by atoms with Crippen LogP contribution in [0.4, 0.5) is 0 Å². The van der Waals surface area contributed by atoms with E-state index in [4.69, 9.17) is 0 Å². The van der Waals surface area contributed by atoms with Crippen molar-refractivity contribution in [2.75, 3.05) is 20.6 Å². The first kappa shape index (κ1) is 17.6. The number of rotatable bonds is 5. The van der Waals surface area contributed by atoms with Crippen LogP contribution in [0.2, 0.25) is 0 Å². The molecule has 0 bridgehead atoms. The summed E-state index contributed by atoms with van der Waals surface area (Å²) < 4.78 is 2.33. The summed E-state index contributed by atoms with van der Waals surface area (Å²) in [6, 6.07) is 2.51. The van der Waals surface area contributed by atoms with E-state index in [1.165, 1.54) is 32.1 Å². The minimum atomic E-state index is -0.0771. The van der Waals surface area contributed by atoms with Gasteiger partial charge in [-0.2, -0.15) is 0 Å². The van der Waals surface area contributed by atoms with Crippen LogP contribution in [0.5, 0.6) is 0 Å². The van der Waals surface area contributed by atoms with Crippen molar-refractivity contribution in [1.82, 2.24) is 14.8 Å². The molecule has 0 saturated heterocycles. The summed E-state index contributed by atoms with van der Waals surface area (Å²) in [5.41, 5.74) is 2.94. The van der Waals surface area contributed by atoms with E-state index in [0.29, 0.717) is 19.0 Å². The molecule has 0 aromatic carbocycles. The molecule has 1 heterocycles. The summed E-state index contributed by atoms with van der Waals surface area (Å²) >= 11 is 0. The normalized spacial score (nSPS) is 15.5. The van der Waals surface area contributed by atoms with Crippen molar-refractivity contribution in [1.29, 1.82) is 0 Å². The van der Waals surface area contributed by atoms with Gasteiger partial charge in [0.25, 0.3) is 5.91 Å². The molecule has 0 radical (unpaired) electrons. The van der Waals surface area contributed by atoms with E-state index in [9.17, 15) is 9.59 Å². The molecule has 0 atom stereocenters. The fourth-order valence-electron chi connectivity index (χ4n) is 3.51. The molecule has 2 amide bonds. The molecule has 1 aromatic rings. The Hall–Kier alpha value is -1.78. The van der Waals surface area contributed by atoms with Gasteiger partial charge in [-0.15, -0.1) is 0 Å². The predicted molar refractivity (Wildman–Crippen MR) is 91.7 cm³/mol. The van der Waals surface area contributed by atoms with Crippen LogP contribution in [0.25, 0.3) is 0 Å². The highest BCUT2D eigenvalue weighted by molar-refractivity contribution is 5.96. The van der Waals surface area contributed by atoms with Gasteiger partial charge in [-0.25, -0.2) is 0 Å². The summed E-state index contributed by atoms with van der Waals surface area (Å²) in [7, 11) is 3.45. The maximum absolute atomic E-state index is 12.4. The van der Waals surface area contributed by atoms with Crippen LogP contribution in [-0.4, -0.2) is 41.9 Å².